The Morgan fingerprint density at radius 1 is 1.29 bits per heavy atom. The van der Waals surface area contributed by atoms with E-state index in [4.69, 9.17) is 0 Å². The highest BCUT2D eigenvalue weighted by Crippen LogP contribution is 2.22. The maximum atomic E-state index is 12.5. The minimum Gasteiger partial charge on any atom is -0.435 e. The Bertz CT molecular complexity index is 799. The molecule has 3 aromatic rings. The third-order valence-electron chi connectivity index (χ3n) is 3.05. The number of benzene rings is 1. The molecule has 21 heavy (non-hydrogen) atoms. The number of nitrogens with zero attached hydrogens (tertiary/aromatic N) is 1. The van der Waals surface area contributed by atoms with Crippen LogP contribution in [0.15, 0.2) is 48.9 Å². The fraction of sp³-hybridized carbons (Fsp3) is 0.0667. The molecule has 3 rings (SSSR count). The molecule has 4 nitrogen and oxygen atoms in total. The van der Waals surface area contributed by atoms with Gasteiger partial charge in [-0.05, 0) is 18.2 Å². The third kappa shape index (κ3) is 2.60. The molecular formula is C15H10F2N2O2. The molecular weight excluding hydrogens is 278 g/mol. The molecule has 0 aliphatic carbocycles. The smallest absolute Gasteiger partial charge is 0.387 e. The number of alkyl halides is 2. The van der Waals surface area contributed by atoms with E-state index in [0.717, 1.165) is 5.52 Å². The SMILES string of the molecule is O=C(c1cccc(OC(F)F)c1)c1c[nH]c2ccncc12. The van der Waals surface area contributed by atoms with Crippen molar-refractivity contribution in [1.82, 2.24) is 9.97 Å². The summed E-state index contributed by atoms with van der Waals surface area (Å²) in [5, 5.41) is 0.683. The van der Waals surface area contributed by atoms with Crippen molar-refractivity contribution >= 4 is 16.7 Å². The Hall–Kier alpha value is -2.76. The molecule has 6 heteroatoms. The highest BCUT2D eigenvalue weighted by molar-refractivity contribution is 6.16. The first kappa shape index (κ1) is 13.2. The number of ketones is 1. The highest BCUT2D eigenvalue weighted by Gasteiger charge is 2.15. The van der Waals surface area contributed by atoms with Gasteiger partial charge in [-0.2, -0.15) is 8.78 Å². The average Bonchev–Trinajstić information content (AvgIpc) is 2.90. The molecule has 0 aliphatic rings. The van der Waals surface area contributed by atoms with E-state index in [-0.39, 0.29) is 17.1 Å². The number of aromatic nitrogens is 2. The average molecular weight is 288 g/mol. The topological polar surface area (TPSA) is 55.0 Å². The van der Waals surface area contributed by atoms with Gasteiger partial charge in [0.05, 0.1) is 0 Å². The van der Waals surface area contributed by atoms with Gasteiger partial charge in [0.15, 0.2) is 5.78 Å². The van der Waals surface area contributed by atoms with E-state index in [1.54, 1.807) is 30.7 Å². The van der Waals surface area contributed by atoms with Crippen LogP contribution in [0.3, 0.4) is 0 Å². The summed E-state index contributed by atoms with van der Waals surface area (Å²) < 4.78 is 28.7. The Morgan fingerprint density at radius 2 is 2.14 bits per heavy atom. The Morgan fingerprint density at radius 3 is 2.95 bits per heavy atom. The predicted molar refractivity (Wildman–Crippen MR) is 72.6 cm³/mol. The number of nitrogens with one attached hydrogen (secondary N) is 1. The van der Waals surface area contributed by atoms with Crippen LogP contribution in [0, 0.1) is 0 Å². The maximum Gasteiger partial charge on any atom is 0.387 e. The quantitative estimate of drug-likeness (QED) is 0.749. The number of hydrogen-bond acceptors (Lipinski definition) is 3. The summed E-state index contributed by atoms with van der Waals surface area (Å²) >= 11 is 0. The van der Waals surface area contributed by atoms with E-state index in [9.17, 15) is 13.6 Å². The molecule has 0 saturated heterocycles. The number of carbonyl (C=O) groups excluding carboxylic acids is 1. The van der Waals surface area contributed by atoms with Crippen LogP contribution >= 0.6 is 0 Å². The van der Waals surface area contributed by atoms with Crippen LogP contribution in [0.2, 0.25) is 0 Å². The zero-order valence-corrected chi connectivity index (χ0v) is 10.7. The fourth-order valence-corrected chi connectivity index (χ4v) is 2.12. The molecule has 106 valence electrons. The van der Waals surface area contributed by atoms with Crippen molar-refractivity contribution in [2.45, 2.75) is 6.61 Å². The molecule has 0 fully saturated rings. The van der Waals surface area contributed by atoms with Crippen LogP contribution in [-0.2, 0) is 0 Å². The van der Waals surface area contributed by atoms with Gasteiger partial charge in [0.25, 0.3) is 0 Å². The lowest BCUT2D eigenvalue weighted by Gasteiger charge is -2.06. The van der Waals surface area contributed by atoms with Crippen LogP contribution < -0.4 is 4.74 Å². The van der Waals surface area contributed by atoms with E-state index in [1.807, 2.05) is 0 Å². The number of H-pyrrole nitrogens is 1. The summed E-state index contributed by atoms with van der Waals surface area (Å²) in [6, 6.07) is 7.47. The van der Waals surface area contributed by atoms with Crippen molar-refractivity contribution in [1.29, 1.82) is 0 Å². The summed E-state index contributed by atoms with van der Waals surface area (Å²) in [7, 11) is 0. The van der Waals surface area contributed by atoms with Crippen molar-refractivity contribution < 1.29 is 18.3 Å². The first-order chi connectivity index (χ1) is 10.1. The number of carbonyl (C=O) groups is 1. The lowest BCUT2D eigenvalue weighted by atomic mass is 10.0. The standard InChI is InChI=1S/C15H10F2N2O2/c16-15(17)21-10-3-1-2-9(6-10)14(20)12-8-19-13-4-5-18-7-11(12)13/h1-8,15,19H. The van der Waals surface area contributed by atoms with Gasteiger partial charge in [-0.25, -0.2) is 0 Å². The van der Waals surface area contributed by atoms with Crippen LogP contribution in [0.1, 0.15) is 15.9 Å². The van der Waals surface area contributed by atoms with E-state index in [0.29, 0.717) is 10.9 Å². The fourth-order valence-electron chi connectivity index (χ4n) is 2.12. The zero-order chi connectivity index (χ0) is 14.8. The molecule has 0 spiro atoms. The van der Waals surface area contributed by atoms with Crippen LogP contribution in [-0.4, -0.2) is 22.4 Å². The maximum absolute atomic E-state index is 12.5. The number of rotatable bonds is 4. The largest absolute Gasteiger partial charge is 0.435 e. The number of fused-ring (bicyclic) bond motifs is 1. The number of pyridine rings is 1. The zero-order valence-electron chi connectivity index (χ0n) is 10.7. The molecule has 0 radical (unpaired) electrons. The molecule has 1 aromatic carbocycles. The second-order valence-electron chi connectivity index (χ2n) is 4.36. The van der Waals surface area contributed by atoms with Crippen molar-refractivity contribution in [3.8, 4) is 5.75 Å². The third-order valence-corrected chi connectivity index (χ3v) is 3.05. The van der Waals surface area contributed by atoms with Gasteiger partial charge in [0, 0.05) is 40.6 Å². The monoisotopic (exact) mass is 288 g/mol. The van der Waals surface area contributed by atoms with Crippen LogP contribution in [0.4, 0.5) is 8.78 Å². The Balaban J connectivity index is 1.98. The molecule has 0 unspecified atom stereocenters. The van der Waals surface area contributed by atoms with Crippen molar-refractivity contribution in [3.63, 3.8) is 0 Å². The molecule has 0 atom stereocenters. The van der Waals surface area contributed by atoms with Gasteiger partial charge in [0.2, 0.25) is 0 Å². The van der Waals surface area contributed by atoms with E-state index in [2.05, 4.69) is 14.7 Å². The number of ether oxygens (including phenoxy) is 1. The predicted octanol–water partition coefficient (Wildman–Crippen LogP) is 3.40. The van der Waals surface area contributed by atoms with E-state index < -0.39 is 6.61 Å². The summed E-state index contributed by atoms with van der Waals surface area (Å²) in [6.07, 6.45) is 4.78. The number of hydrogen-bond donors (Lipinski definition) is 1. The summed E-state index contributed by atoms with van der Waals surface area (Å²) in [4.78, 5) is 19.4. The Labute approximate surface area is 118 Å². The molecule has 1 N–H and O–H groups in total. The summed E-state index contributed by atoms with van der Waals surface area (Å²) in [5.41, 5.74) is 1.50. The molecule has 2 aromatic heterocycles. The van der Waals surface area contributed by atoms with Crippen molar-refractivity contribution in [3.05, 3.63) is 60.0 Å². The van der Waals surface area contributed by atoms with Crippen molar-refractivity contribution in [2.24, 2.45) is 0 Å². The van der Waals surface area contributed by atoms with Gasteiger partial charge in [0.1, 0.15) is 5.75 Å². The second kappa shape index (κ2) is 5.32. The van der Waals surface area contributed by atoms with E-state index in [1.165, 1.54) is 18.2 Å². The molecule has 0 amide bonds. The molecule has 0 aliphatic heterocycles. The lowest BCUT2D eigenvalue weighted by Crippen LogP contribution is -2.04. The van der Waals surface area contributed by atoms with Gasteiger partial charge in [-0.3, -0.25) is 9.78 Å². The van der Waals surface area contributed by atoms with E-state index >= 15 is 0 Å². The molecule has 0 bridgehead atoms. The van der Waals surface area contributed by atoms with Gasteiger partial charge in [-0.1, -0.05) is 12.1 Å². The summed E-state index contributed by atoms with van der Waals surface area (Å²) in [6.45, 7) is -2.92. The minimum absolute atomic E-state index is 0.0474. The minimum atomic E-state index is -2.92. The van der Waals surface area contributed by atoms with Crippen LogP contribution in [0.25, 0.3) is 10.9 Å². The van der Waals surface area contributed by atoms with Gasteiger partial charge >= 0.3 is 6.61 Å². The van der Waals surface area contributed by atoms with Crippen LogP contribution in [0.5, 0.6) is 5.75 Å². The number of halogens is 2. The first-order valence-electron chi connectivity index (χ1n) is 6.16. The summed E-state index contributed by atoms with van der Waals surface area (Å²) in [5.74, 6) is -0.331. The Kier molecular flexibility index (Phi) is 3.35. The normalized spacial score (nSPS) is 11.0. The van der Waals surface area contributed by atoms with Gasteiger partial charge < -0.3 is 9.72 Å². The number of aromatic amines is 1. The lowest BCUT2D eigenvalue weighted by molar-refractivity contribution is -0.0498. The van der Waals surface area contributed by atoms with Crippen molar-refractivity contribution in [2.75, 3.05) is 0 Å². The second-order valence-corrected chi connectivity index (χ2v) is 4.36. The highest BCUT2D eigenvalue weighted by atomic mass is 19.3. The molecule has 2 heterocycles. The first-order valence-corrected chi connectivity index (χ1v) is 6.16. The van der Waals surface area contributed by atoms with Gasteiger partial charge in [-0.15, -0.1) is 0 Å². The molecule has 0 saturated carbocycles.